The van der Waals surface area contributed by atoms with Crippen molar-refractivity contribution in [2.75, 3.05) is 27.9 Å². The average Bonchev–Trinajstić information content (AvgIpc) is 2.96. The van der Waals surface area contributed by atoms with E-state index < -0.39 is 0 Å². The number of piperidine rings is 1. The van der Waals surface area contributed by atoms with E-state index in [0.717, 1.165) is 31.4 Å². The first kappa shape index (κ1) is 34.5. The molecule has 230 valence electrons. The third-order valence-electron chi connectivity index (χ3n) is 9.05. The quantitative estimate of drug-likeness (QED) is 0.132. The molecular weight excluding hydrogens is 498 g/mol. The smallest absolute Gasteiger partial charge is 0.140 e. The molecule has 0 N–H and O–H groups in total. The molecule has 1 aromatic carbocycles. The van der Waals surface area contributed by atoms with Crippen LogP contribution in [0.4, 0.5) is 0 Å². The largest absolute Gasteiger partial charge is 0.496 e. The second kappa shape index (κ2) is 20.2. The van der Waals surface area contributed by atoms with E-state index in [2.05, 4.69) is 25.7 Å². The molecule has 1 heterocycles. The highest BCUT2D eigenvalue weighted by Crippen LogP contribution is 2.42. The van der Waals surface area contributed by atoms with Gasteiger partial charge >= 0.3 is 0 Å². The number of ketones is 1. The number of nitrogens with zero attached hydrogens (tertiary/aromatic N) is 1. The summed E-state index contributed by atoms with van der Waals surface area (Å²) < 4.78 is 17.0. The summed E-state index contributed by atoms with van der Waals surface area (Å²) in [6, 6.07) is 4.99. The lowest BCUT2D eigenvalue weighted by Crippen LogP contribution is -2.44. The molecule has 1 saturated heterocycles. The van der Waals surface area contributed by atoms with Gasteiger partial charge in [0, 0.05) is 36.2 Å². The molecule has 0 amide bonds. The minimum absolute atomic E-state index is 0.213. The van der Waals surface area contributed by atoms with Crippen LogP contribution in [0.3, 0.4) is 0 Å². The van der Waals surface area contributed by atoms with E-state index in [-0.39, 0.29) is 5.92 Å². The number of rotatable bonds is 22. The molecule has 0 spiro atoms. The van der Waals surface area contributed by atoms with Gasteiger partial charge in [0.1, 0.15) is 23.0 Å². The summed E-state index contributed by atoms with van der Waals surface area (Å²) >= 11 is 0. The molecule has 0 aromatic heterocycles. The van der Waals surface area contributed by atoms with Crippen molar-refractivity contribution in [1.29, 1.82) is 0 Å². The topological polar surface area (TPSA) is 48.0 Å². The molecule has 0 saturated carbocycles. The zero-order chi connectivity index (χ0) is 29.2. The lowest BCUT2D eigenvalue weighted by atomic mass is 9.85. The minimum Gasteiger partial charge on any atom is -0.496 e. The molecule has 0 aliphatic carbocycles. The van der Waals surface area contributed by atoms with Gasteiger partial charge in [0.05, 0.1) is 27.2 Å². The fourth-order valence-electron chi connectivity index (χ4n) is 6.56. The molecule has 2 rings (SSSR count). The number of carbonyl (C=O) groups is 1. The van der Waals surface area contributed by atoms with Crippen LogP contribution in [0.1, 0.15) is 148 Å². The number of ether oxygens (including phenoxy) is 3. The standard InChI is InChI=1S/C35H61NO4/c1-7-8-9-10-11-12-13-14-15-16-17-18-23-31(35-33(39-5)26-30(38-4)27-34(35)40-6)32(37)24-20-25-36-28(2)21-19-22-29(36)3/h26-29,31H,7-25H2,1-6H3. The van der Waals surface area contributed by atoms with Crippen molar-refractivity contribution < 1.29 is 19.0 Å². The highest BCUT2D eigenvalue weighted by atomic mass is 16.5. The number of methoxy groups -OCH3 is 3. The molecule has 3 atom stereocenters. The Hall–Kier alpha value is -1.75. The zero-order valence-electron chi connectivity index (χ0n) is 26.9. The van der Waals surface area contributed by atoms with Gasteiger partial charge in [-0.25, -0.2) is 0 Å². The van der Waals surface area contributed by atoms with E-state index >= 15 is 0 Å². The zero-order valence-corrected chi connectivity index (χ0v) is 26.9. The first-order chi connectivity index (χ1) is 19.5. The maximum Gasteiger partial charge on any atom is 0.140 e. The van der Waals surface area contributed by atoms with Crippen LogP contribution in [0.25, 0.3) is 0 Å². The predicted octanol–water partition coefficient (Wildman–Crippen LogP) is 9.50. The van der Waals surface area contributed by atoms with Crippen molar-refractivity contribution in [1.82, 2.24) is 4.90 Å². The van der Waals surface area contributed by atoms with Crippen LogP contribution in [-0.4, -0.2) is 50.6 Å². The summed E-state index contributed by atoms with van der Waals surface area (Å²) in [6.45, 7) is 7.94. The number of benzene rings is 1. The Kier molecular flexibility index (Phi) is 17.4. The van der Waals surface area contributed by atoms with Gasteiger partial charge in [-0.05, 0) is 46.1 Å². The monoisotopic (exact) mass is 559 g/mol. The van der Waals surface area contributed by atoms with Gasteiger partial charge in [0.15, 0.2) is 0 Å². The summed E-state index contributed by atoms with van der Waals surface area (Å²) in [6.07, 6.45) is 21.9. The van der Waals surface area contributed by atoms with E-state index in [1.807, 2.05) is 12.1 Å². The van der Waals surface area contributed by atoms with Gasteiger partial charge in [0.2, 0.25) is 0 Å². The third kappa shape index (κ3) is 11.6. The SMILES string of the molecule is CCCCCCCCCCCCCCC(C(=O)CCCN1C(C)CCCC1C)c1c(OC)cc(OC)cc1OC. The fourth-order valence-corrected chi connectivity index (χ4v) is 6.56. The van der Waals surface area contributed by atoms with Gasteiger partial charge in [0.25, 0.3) is 0 Å². The molecule has 40 heavy (non-hydrogen) atoms. The van der Waals surface area contributed by atoms with Crippen LogP contribution >= 0.6 is 0 Å². The molecule has 3 unspecified atom stereocenters. The second-order valence-corrected chi connectivity index (χ2v) is 12.1. The molecule has 0 bridgehead atoms. The summed E-state index contributed by atoms with van der Waals surface area (Å²) in [4.78, 5) is 16.4. The van der Waals surface area contributed by atoms with Crippen molar-refractivity contribution in [2.45, 2.75) is 154 Å². The van der Waals surface area contributed by atoms with Crippen LogP contribution in [-0.2, 0) is 4.79 Å². The van der Waals surface area contributed by atoms with Crippen molar-refractivity contribution in [3.8, 4) is 17.2 Å². The second-order valence-electron chi connectivity index (χ2n) is 12.1. The van der Waals surface area contributed by atoms with Crippen molar-refractivity contribution in [2.24, 2.45) is 0 Å². The summed E-state index contributed by atoms with van der Waals surface area (Å²) in [5.74, 6) is 2.15. The first-order valence-corrected chi connectivity index (χ1v) is 16.5. The summed E-state index contributed by atoms with van der Waals surface area (Å²) in [5.41, 5.74) is 0.888. The predicted molar refractivity (Wildman–Crippen MR) is 168 cm³/mol. The molecular formula is C35H61NO4. The Bertz CT molecular complexity index is 791. The number of hydrogen-bond acceptors (Lipinski definition) is 5. The number of unbranched alkanes of at least 4 members (excludes halogenated alkanes) is 11. The van der Waals surface area contributed by atoms with Crippen LogP contribution in [0.5, 0.6) is 17.2 Å². The average molecular weight is 560 g/mol. The lowest BCUT2D eigenvalue weighted by Gasteiger charge is -2.39. The minimum atomic E-state index is -0.213. The summed E-state index contributed by atoms with van der Waals surface area (Å²) in [5, 5.41) is 0. The highest BCUT2D eigenvalue weighted by molar-refractivity contribution is 5.87. The molecule has 0 radical (unpaired) electrons. The number of likely N-dealkylation sites (tertiary alicyclic amines) is 1. The van der Waals surface area contributed by atoms with E-state index in [0.29, 0.717) is 41.5 Å². The van der Waals surface area contributed by atoms with Crippen molar-refractivity contribution >= 4 is 5.78 Å². The maximum absolute atomic E-state index is 13.8. The van der Waals surface area contributed by atoms with Crippen LogP contribution in [0, 0.1) is 0 Å². The molecule has 5 nitrogen and oxygen atoms in total. The number of hydrogen-bond donors (Lipinski definition) is 0. The summed E-state index contributed by atoms with van der Waals surface area (Å²) in [7, 11) is 4.98. The third-order valence-corrected chi connectivity index (χ3v) is 9.05. The maximum atomic E-state index is 13.8. The Labute approximate surface area is 246 Å². The number of Topliss-reactive ketones (excluding diaryl/α,β-unsaturated/α-hetero) is 1. The molecule has 1 fully saturated rings. The first-order valence-electron chi connectivity index (χ1n) is 16.5. The normalized spacial score (nSPS) is 18.4. The van der Waals surface area contributed by atoms with Gasteiger partial charge in [-0.2, -0.15) is 0 Å². The Morgan fingerprint density at radius 2 is 1.27 bits per heavy atom. The Morgan fingerprint density at radius 1 is 0.775 bits per heavy atom. The van der Waals surface area contributed by atoms with Crippen LogP contribution in [0.15, 0.2) is 12.1 Å². The van der Waals surface area contributed by atoms with Gasteiger partial charge in [-0.15, -0.1) is 0 Å². The van der Waals surface area contributed by atoms with Crippen molar-refractivity contribution in [3.63, 3.8) is 0 Å². The highest BCUT2D eigenvalue weighted by Gasteiger charge is 2.29. The molecule has 1 aliphatic heterocycles. The number of carbonyl (C=O) groups excluding carboxylic acids is 1. The lowest BCUT2D eigenvalue weighted by molar-refractivity contribution is -0.121. The fraction of sp³-hybridized carbons (Fsp3) is 0.800. The van der Waals surface area contributed by atoms with E-state index in [1.165, 1.54) is 89.9 Å². The Balaban J connectivity index is 1.95. The van der Waals surface area contributed by atoms with Crippen molar-refractivity contribution in [3.05, 3.63) is 17.7 Å². The molecule has 1 aliphatic rings. The van der Waals surface area contributed by atoms with E-state index in [9.17, 15) is 4.79 Å². The van der Waals surface area contributed by atoms with E-state index in [1.54, 1.807) is 21.3 Å². The molecule has 5 heteroatoms. The van der Waals surface area contributed by atoms with Crippen LogP contribution < -0.4 is 14.2 Å². The van der Waals surface area contributed by atoms with E-state index in [4.69, 9.17) is 14.2 Å². The van der Waals surface area contributed by atoms with Gasteiger partial charge in [-0.3, -0.25) is 9.69 Å². The van der Waals surface area contributed by atoms with Crippen LogP contribution in [0.2, 0.25) is 0 Å². The Morgan fingerprint density at radius 3 is 1.75 bits per heavy atom. The van der Waals surface area contributed by atoms with Gasteiger partial charge < -0.3 is 14.2 Å². The van der Waals surface area contributed by atoms with Gasteiger partial charge in [-0.1, -0.05) is 90.4 Å². The molecule has 1 aromatic rings.